The first kappa shape index (κ1) is 16.5. The Kier molecular flexibility index (Phi) is 4.81. The van der Waals surface area contributed by atoms with Crippen molar-refractivity contribution < 1.29 is 9.72 Å². The molecule has 0 aliphatic carbocycles. The lowest BCUT2D eigenvalue weighted by molar-refractivity contribution is -0.384. The molecule has 0 aromatic heterocycles. The Balaban J connectivity index is 1.60. The summed E-state index contributed by atoms with van der Waals surface area (Å²) in [5, 5.41) is 11.5. The van der Waals surface area contributed by atoms with Crippen molar-refractivity contribution in [2.24, 2.45) is 0 Å². The molecule has 5 nitrogen and oxygen atoms in total. The normalized spacial score (nSPS) is 16.5. The smallest absolute Gasteiger partial charge is 0.269 e. The summed E-state index contributed by atoms with van der Waals surface area (Å²) in [5.74, 6) is 0.0766. The standard InChI is InChI=1S/C18H17ClN2O3/c19-15-7-5-14(6-8-15)17-10-11-20(17)18(22)9-4-13-2-1-3-16(12-13)21(23)24/h1-3,5-8,12,17H,4,9-11H2. The van der Waals surface area contributed by atoms with Crippen LogP contribution in [0.2, 0.25) is 5.02 Å². The zero-order valence-corrected chi connectivity index (χ0v) is 13.8. The monoisotopic (exact) mass is 344 g/mol. The Bertz CT molecular complexity index is 761. The number of carbonyl (C=O) groups is 1. The van der Waals surface area contributed by atoms with E-state index >= 15 is 0 Å². The van der Waals surface area contributed by atoms with E-state index < -0.39 is 4.92 Å². The Labute approximate surface area is 145 Å². The zero-order chi connectivity index (χ0) is 17.1. The van der Waals surface area contributed by atoms with Gasteiger partial charge >= 0.3 is 0 Å². The molecule has 2 aromatic carbocycles. The third-order valence-corrected chi connectivity index (χ3v) is 4.60. The van der Waals surface area contributed by atoms with Gasteiger partial charge in [0.1, 0.15) is 0 Å². The van der Waals surface area contributed by atoms with E-state index in [1.807, 2.05) is 35.2 Å². The quantitative estimate of drug-likeness (QED) is 0.604. The van der Waals surface area contributed by atoms with Crippen LogP contribution in [0.5, 0.6) is 0 Å². The molecule has 1 heterocycles. The first-order valence-electron chi connectivity index (χ1n) is 7.83. The van der Waals surface area contributed by atoms with Crippen molar-refractivity contribution in [3.63, 3.8) is 0 Å². The number of halogens is 1. The van der Waals surface area contributed by atoms with Crippen molar-refractivity contribution in [3.05, 3.63) is 74.8 Å². The minimum Gasteiger partial charge on any atom is -0.335 e. The van der Waals surface area contributed by atoms with Crippen molar-refractivity contribution in [1.82, 2.24) is 4.90 Å². The van der Waals surface area contributed by atoms with Crippen LogP contribution in [-0.2, 0) is 11.2 Å². The lowest BCUT2D eigenvalue weighted by atomic mass is 9.94. The molecule has 0 saturated carbocycles. The van der Waals surface area contributed by atoms with Crippen LogP contribution < -0.4 is 0 Å². The number of non-ortho nitro benzene ring substituents is 1. The van der Waals surface area contributed by atoms with E-state index in [0.717, 1.165) is 24.1 Å². The van der Waals surface area contributed by atoms with E-state index in [9.17, 15) is 14.9 Å². The number of likely N-dealkylation sites (tertiary alicyclic amines) is 1. The van der Waals surface area contributed by atoms with E-state index in [-0.39, 0.29) is 17.6 Å². The SMILES string of the molecule is O=C(CCc1cccc([N+](=O)[O-])c1)N1CCC1c1ccc(Cl)cc1. The van der Waals surface area contributed by atoms with Gasteiger partial charge in [0.05, 0.1) is 11.0 Å². The van der Waals surface area contributed by atoms with Gasteiger partial charge in [0.2, 0.25) is 5.91 Å². The Morgan fingerprint density at radius 1 is 1.25 bits per heavy atom. The summed E-state index contributed by atoms with van der Waals surface area (Å²) in [7, 11) is 0. The number of carbonyl (C=O) groups excluding carboxylic acids is 1. The first-order chi connectivity index (χ1) is 11.5. The molecule has 3 rings (SSSR count). The molecule has 1 unspecified atom stereocenters. The maximum Gasteiger partial charge on any atom is 0.269 e. The van der Waals surface area contributed by atoms with Gasteiger partial charge < -0.3 is 4.90 Å². The molecule has 124 valence electrons. The average Bonchev–Trinajstić information content (AvgIpc) is 2.54. The van der Waals surface area contributed by atoms with Crippen molar-refractivity contribution in [3.8, 4) is 0 Å². The maximum atomic E-state index is 12.4. The van der Waals surface area contributed by atoms with Gasteiger partial charge in [0.15, 0.2) is 0 Å². The van der Waals surface area contributed by atoms with E-state index in [1.54, 1.807) is 6.07 Å². The van der Waals surface area contributed by atoms with Gasteiger partial charge in [-0.2, -0.15) is 0 Å². The molecule has 0 bridgehead atoms. The lowest BCUT2D eigenvalue weighted by Crippen LogP contribution is -2.45. The fraction of sp³-hybridized carbons (Fsp3) is 0.278. The van der Waals surface area contributed by atoms with Crippen molar-refractivity contribution in [1.29, 1.82) is 0 Å². The summed E-state index contributed by atoms with van der Waals surface area (Å²) in [4.78, 5) is 24.7. The highest BCUT2D eigenvalue weighted by Crippen LogP contribution is 2.34. The number of nitro groups is 1. The summed E-state index contributed by atoms with van der Waals surface area (Å²) in [5.41, 5.74) is 1.96. The molecule has 1 aliphatic rings. The van der Waals surface area contributed by atoms with Crippen LogP contribution in [0.1, 0.15) is 30.0 Å². The summed E-state index contributed by atoms with van der Waals surface area (Å²) in [6.07, 6.45) is 1.81. The zero-order valence-electron chi connectivity index (χ0n) is 13.0. The molecule has 2 aromatic rings. The van der Waals surface area contributed by atoms with Crippen LogP contribution in [0.25, 0.3) is 0 Å². The second-order valence-electron chi connectivity index (χ2n) is 5.87. The van der Waals surface area contributed by atoms with Crippen LogP contribution in [-0.4, -0.2) is 22.3 Å². The fourth-order valence-electron chi connectivity index (χ4n) is 2.94. The molecular weight excluding hydrogens is 328 g/mol. The summed E-state index contributed by atoms with van der Waals surface area (Å²) in [6, 6.07) is 14.1. The number of hydrogen-bond acceptors (Lipinski definition) is 3. The van der Waals surface area contributed by atoms with Crippen LogP contribution in [0.15, 0.2) is 48.5 Å². The molecule has 1 aliphatic heterocycles. The van der Waals surface area contributed by atoms with Crippen molar-refractivity contribution in [2.75, 3.05) is 6.54 Å². The topological polar surface area (TPSA) is 63.4 Å². The number of amides is 1. The summed E-state index contributed by atoms with van der Waals surface area (Å²) < 4.78 is 0. The molecule has 0 N–H and O–H groups in total. The second-order valence-corrected chi connectivity index (χ2v) is 6.31. The molecule has 0 spiro atoms. The van der Waals surface area contributed by atoms with Gasteiger partial charge in [-0.1, -0.05) is 35.9 Å². The minimum atomic E-state index is -0.419. The average molecular weight is 345 g/mol. The van der Waals surface area contributed by atoms with E-state index in [1.165, 1.54) is 12.1 Å². The molecular formula is C18H17ClN2O3. The molecule has 6 heteroatoms. The lowest BCUT2D eigenvalue weighted by Gasteiger charge is -2.41. The van der Waals surface area contributed by atoms with Crippen LogP contribution in [0.4, 0.5) is 5.69 Å². The molecule has 1 saturated heterocycles. The number of hydrogen-bond donors (Lipinski definition) is 0. The van der Waals surface area contributed by atoms with E-state index in [0.29, 0.717) is 17.9 Å². The first-order valence-corrected chi connectivity index (χ1v) is 8.20. The van der Waals surface area contributed by atoms with E-state index in [4.69, 9.17) is 11.6 Å². The van der Waals surface area contributed by atoms with Gasteiger partial charge in [-0.3, -0.25) is 14.9 Å². The van der Waals surface area contributed by atoms with Gasteiger partial charge in [0, 0.05) is 30.1 Å². The molecule has 24 heavy (non-hydrogen) atoms. The summed E-state index contributed by atoms with van der Waals surface area (Å²) >= 11 is 5.90. The van der Waals surface area contributed by atoms with Crippen LogP contribution in [0.3, 0.4) is 0 Å². The predicted octanol–water partition coefficient (Wildman–Crippen LogP) is 4.15. The number of rotatable bonds is 5. The highest BCUT2D eigenvalue weighted by Gasteiger charge is 2.32. The Hall–Kier alpha value is -2.40. The third kappa shape index (κ3) is 3.57. The Morgan fingerprint density at radius 2 is 2.00 bits per heavy atom. The van der Waals surface area contributed by atoms with Crippen LogP contribution in [0, 0.1) is 10.1 Å². The van der Waals surface area contributed by atoms with E-state index in [2.05, 4.69) is 0 Å². The molecule has 0 radical (unpaired) electrons. The summed E-state index contributed by atoms with van der Waals surface area (Å²) in [6.45, 7) is 0.751. The number of benzene rings is 2. The molecule has 1 fully saturated rings. The molecule has 1 atom stereocenters. The van der Waals surface area contributed by atoms with Gasteiger partial charge in [-0.25, -0.2) is 0 Å². The van der Waals surface area contributed by atoms with Gasteiger partial charge in [-0.05, 0) is 36.1 Å². The predicted molar refractivity (Wildman–Crippen MR) is 91.9 cm³/mol. The van der Waals surface area contributed by atoms with Crippen LogP contribution >= 0.6 is 11.6 Å². The molecule has 1 amide bonds. The maximum absolute atomic E-state index is 12.4. The third-order valence-electron chi connectivity index (χ3n) is 4.34. The number of aryl methyl sites for hydroxylation is 1. The number of nitrogens with zero attached hydrogens (tertiary/aromatic N) is 2. The highest BCUT2D eigenvalue weighted by atomic mass is 35.5. The van der Waals surface area contributed by atoms with Crippen molar-refractivity contribution >= 4 is 23.2 Å². The van der Waals surface area contributed by atoms with Crippen molar-refractivity contribution in [2.45, 2.75) is 25.3 Å². The largest absolute Gasteiger partial charge is 0.335 e. The minimum absolute atomic E-state index is 0.0583. The van der Waals surface area contributed by atoms with Gasteiger partial charge in [-0.15, -0.1) is 0 Å². The number of nitro benzene ring substituents is 1. The van der Waals surface area contributed by atoms with Gasteiger partial charge in [0.25, 0.3) is 5.69 Å². The fourth-order valence-corrected chi connectivity index (χ4v) is 3.06. The Morgan fingerprint density at radius 3 is 2.62 bits per heavy atom. The second kappa shape index (κ2) is 7.01. The highest BCUT2D eigenvalue weighted by molar-refractivity contribution is 6.30.